The number of aromatic nitrogens is 1. The molecule has 0 aliphatic heterocycles. The van der Waals surface area contributed by atoms with Crippen LogP contribution in [0.4, 0.5) is 0 Å². The summed E-state index contributed by atoms with van der Waals surface area (Å²) in [6, 6.07) is 24.9. The molecule has 0 unspecified atom stereocenters. The van der Waals surface area contributed by atoms with Gasteiger partial charge in [-0.3, -0.25) is 0 Å². The van der Waals surface area contributed by atoms with Gasteiger partial charge in [0.15, 0.2) is 11.5 Å². The quantitative estimate of drug-likeness (QED) is 0.354. The molecule has 4 aromatic rings. The number of fused-ring (bicyclic) bond motifs is 1. The normalized spacial score (nSPS) is 11.9. The molecule has 0 aliphatic rings. The van der Waals surface area contributed by atoms with Crippen molar-refractivity contribution in [2.45, 2.75) is 19.4 Å². The van der Waals surface area contributed by atoms with Gasteiger partial charge in [0.1, 0.15) is 0 Å². The molecule has 0 bridgehead atoms. The van der Waals surface area contributed by atoms with E-state index in [0.717, 1.165) is 34.3 Å². The Bertz CT molecular complexity index is 1210. The minimum absolute atomic E-state index is 0.402. The molecule has 0 saturated heterocycles. The van der Waals surface area contributed by atoms with E-state index >= 15 is 0 Å². The third kappa shape index (κ3) is 4.78. The van der Waals surface area contributed by atoms with Gasteiger partial charge < -0.3 is 19.5 Å². The molecule has 1 atom stereocenters. The third-order valence-electron chi connectivity index (χ3n) is 5.88. The highest BCUT2D eigenvalue weighted by atomic mass is 16.5. The topological polar surface area (TPSA) is 52.6 Å². The molecule has 1 heterocycles. The summed E-state index contributed by atoms with van der Waals surface area (Å²) in [7, 11) is 4.88. The molecule has 1 N–H and O–H groups in total. The maximum Gasteiger partial charge on any atom is 0.204 e. The summed E-state index contributed by atoms with van der Waals surface area (Å²) in [4.78, 5) is 5.04. The summed E-state index contributed by atoms with van der Waals surface area (Å²) < 4.78 is 16.9. The number of ether oxygens (including phenoxy) is 3. The van der Waals surface area contributed by atoms with Gasteiger partial charge in [0.25, 0.3) is 0 Å². The van der Waals surface area contributed by atoms with Crippen LogP contribution in [0.25, 0.3) is 22.2 Å². The summed E-state index contributed by atoms with van der Waals surface area (Å²) in [6.07, 6.45) is 0. The lowest BCUT2D eigenvalue weighted by atomic mass is 10.00. The Balaban J connectivity index is 1.74. The lowest BCUT2D eigenvalue weighted by Gasteiger charge is -2.18. The highest BCUT2D eigenvalue weighted by molar-refractivity contribution is 5.93. The van der Waals surface area contributed by atoms with E-state index in [9.17, 15) is 0 Å². The first-order valence-corrected chi connectivity index (χ1v) is 11.1. The Morgan fingerprint density at radius 1 is 0.818 bits per heavy atom. The predicted octanol–water partition coefficient (Wildman–Crippen LogP) is 5.82. The minimum atomic E-state index is 0.402. The second-order valence-electron chi connectivity index (χ2n) is 8.02. The van der Waals surface area contributed by atoms with Crippen LogP contribution in [-0.4, -0.2) is 32.9 Å². The molecule has 33 heavy (non-hydrogen) atoms. The van der Waals surface area contributed by atoms with Crippen LogP contribution >= 0.6 is 0 Å². The van der Waals surface area contributed by atoms with Crippen LogP contribution in [0.1, 0.15) is 24.0 Å². The minimum Gasteiger partial charge on any atom is -0.493 e. The number of nitrogens with one attached hydrogen (secondary N) is 1. The number of pyridine rings is 1. The van der Waals surface area contributed by atoms with Crippen molar-refractivity contribution in [3.63, 3.8) is 0 Å². The summed E-state index contributed by atoms with van der Waals surface area (Å²) in [6.45, 7) is 3.78. The Morgan fingerprint density at radius 2 is 1.48 bits per heavy atom. The van der Waals surface area contributed by atoms with Crippen molar-refractivity contribution in [3.05, 3.63) is 83.9 Å². The maximum absolute atomic E-state index is 5.73. The fraction of sp³-hybridized carbons (Fsp3) is 0.250. The molecular formula is C28H30N2O3. The smallest absolute Gasteiger partial charge is 0.204 e. The van der Waals surface area contributed by atoms with Crippen LogP contribution in [0, 0.1) is 0 Å². The van der Waals surface area contributed by atoms with E-state index in [-0.39, 0.29) is 0 Å². The third-order valence-corrected chi connectivity index (χ3v) is 5.88. The van der Waals surface area contributed by atoms with Crippen LogP contribution in [0.3, 0.4) is 0 Å². The first-order chi connectivity index (χ1) is 16.2. The van der Waals surface area contributed by atoms with Crippen LogP contribution in [0.15, 0.2) is 72.8 Å². The van der Waals surface area contributed by atoms with E-state index in [1.165, 1.54) is 5.56 Å². The molecule has 3 aromatic carbocycles. The first-order valence-electron chi connectivity index (χ1n) is 11.1. The van der Waals surface area contributed by atoms with Gasteiger partial charge in [0, 0.05) is 30.1 Å². The van der Waals surface area contributed by atoms with Crippen molar-refractivity contribution >= 4 is 10.9 Å². The molecule has 0 fully saturated rings. The standard InChI is InChI=1S/C28H30N2O3/c1-19(20-11-7-5-8-12-20)17-29-18-22-15-23-24(30-26(22)21-13-9-6-10-14-21)16-25(31-2)28(33-4)27(23)32-3/h5-16,19,29H,17-18H2,1-4H3/t19-/m1/s1. The van der Waals surface area contributed by atoms with Crippen molar-refractivity contribution in [1.82, 2.24) is 10.3 Å². The summed E-state index contributed by atoms with van der Waals surface area (Å²) in [5.41, 5.74) is 5.23. The molecule has 0 amide bonds. The van der Waals surface area contributed by atoms with Gasteiger partial charge in [0.05, 0.1) is 32.5 Å². The van der Waals surface area contributed by atoms with Crippen LogP contribution < -0.4 is 19.5 Å². The zero-order valence-corrected chi connectivity index (χ0v) is 19.6. The predicted molar refractivity (Wildman–Crippen MR) is 133 cm³/mol. The van der Waals surface area contributed by atoms with Gasteiger partial charge in [0.2, 0.25) is 5.75 Å². The van der Waals surface area contributed by atoms with Crippen LogP contribution in [0.2, 0.25) is 0 Å². The lowest BCUT2D eigenvalue weighted by Crippen LogP contribution is -2.20. The highest BCUT2D eigenvalue weighted by Gasteiger charge is 2.19. The van der Waals surface area contributed by atoms with E-state index in [4.69, 9.17) is 19.2 Å². The van der Waals surface area contributed by atoms with Crippen molar-refractivity contribution in [3.8, 4) is 28.5 Å². The van der Waals surface area contributed by atoms with E-state index in [0.29, 0.717) is 29.7 Å². The van der Waals surface area contributed by atoms with Crippen molar-refractivity contribution in [2.24, 2.45) is 0 Å². The molecule has 1 aromatic heterocycles. The molecule has 0 spiro atoms. The number of rotatable bonds is 9. The zero-order valence-electron chi connectivity index (χ0n) is 19.6. The second kappa shape index (κ2) is 10.4. The lowest BCUT2D eigenvalue weighted by molar-refractivity contribution is 0.327. The summed E-state index contributed by atoms with van der Waals surface area (Å²) in [5, 5.41) is 4.52. The van der Waals surface area contributed by atoms with Crippen LogP contribution in [0.5, 0.6) is 17.2 Å². The zero-order chi connectivity index (χ0) is 23.2. The Kier molecular flexibility index (Phi) is 7.10. The number of hydrogen-bond acceptors (Lipinski definition) is 5. The van der Waals surface area contributed by atoms with Gasteiger partial charge in [-0.1, -0.05) is 67.6 Å². The monoisotopic (exact) mass is 442 g/mol. The fourth-order valence-electron chi connectivity index (χ4n) is 4.14. The van der Waals surface area contributed by atoms with Crippen LogP contribution in [-0.2, 0) is 6.54 Å². The Labute approximate surface area is 195 Å². The van der Waals surface area contributed by atoms with E-state index < -0.39 is 0 Å². The van der Waals surface area contributed by atoms with E-state index in [1.54, 1.807) is 21.3 Å². The van der Waals surface area contributed by atoms with Gasteiger partial charge >= 0.3 is 0 Å². The summed E-state index contributed by atoms with van der Waals surface area (Å²) >= 11 is 0. The fourth-order valence-corrected chi connectivity index (χ4v) is 4.14. The Morgan fingerprint density at radius 3 is 2.12 bits per heavy atom. The van der Waals surface area contributed by atoms with Gasteiger partial charge in [-0.05, 0) is 23.1 Å². The van der Waals surface area contributed by atoms with Gasteiger partial charge in [-0.15, -0.1) is 0 Å². The number of hydrogen-bond donors (Lipinski definition) is 1. The highest BCUT2D eigenvalue weighted by Crippen LogP contribution is 2.44. The number of benzene rings is 3. The largest absolute Gasteiger partial charge is 0.493 e. The Hall–Kier alpha value is -3.57. The maximum atomic E-state index is 5.73. The SMILES string of the molecule is COc1cc2nc(-c3ccccc3)c(CNC[C@@H](C)c3ccccc3)cc2c(OC)c1OC. The summed E-state index contributed by atoms with van der Waals surface area (Å²) in [5.74, 6) is 2.19. The average molecular weight is 443 g/mol. The molecule has 0 saturated carbocycles. The van der Waals surface area contributed by atoms with Gasteiger partial charge in [-0.25, -0.2) is 4.98 Å². The van der Waals surface area contributed by atoms with Gasteiger partial charge in [-0.2, -0.15) is 0 Å². The van der Waals surface area contributed by atoms with Crippen molar-refractivity contribution in [1.29, 1.82) is 0 Å². The molecule has 5 heteroatoms. The molecule has 4 rings (SSSR count). The molecular weight excluding hydrogens is 412 g/mol. The molecule has 5 nitrogen and oxygen atoms in total. The van der Waals surface area contributed by atoms with E-state index in [1.807, 2.05) is 30.3 Å². The molecule has 0 aliphatic carbocycles. The van der Waals surface area contributed by atoms with Crippen molar-refractivity contribution < 1.29 is 14.2 Å². The number of methoxy groups -OCH3 is 3. The molecule has 170 valence electrons. The molecule has 0 radical (unpaired) electrons. The van der Waals surface area contributed by atoms with E-state index in [2.05, 4.69) is 54.7 Å². The van der Waals surface area contributed by atoms with Crippen molar-refractivity contribution in [2.75, 3.05) is 27.9 Å². The average Bonchev–Trinajstić information content (AvgIpc) is 2.88. The number of nitrogens with zero attached hydrogens (tertiary/aromatic N) is 1. The second-order valence-corrected chi connectivity index (χ2v) is 8.02. The first kappa shape index (κ1) is 22.6.